The van der Waals surface area contributed by atoms with Crippen LogP contribution in [0.2, 0.25) is 0 Å². The summed E-state index contributed by atoms with van der Waals surface area (Å²) < 4.78 is 13.2. The van der Waals surface area contributed by atoms with Crippen LogP contribution in [0.5, 0.6) is 0 Å². The van der Waals surface area contributed by atoms with Crippen molar-refractivity contribution in [2.45, 2.75) is 39.4 Å². The number of hydrogen-bond donors (Lipinski definition) is 1. The largest absolute Gasteiger partial charge is 0.311 e. The molecule has 1 saturated heterocycles. The summed E-state index contributed by atoms with van der Waals surface area (Å²) >= 11 is 0. The van der Waals surface area contributed by atoms with E-state index < -0.39 is 0 Å². The van der Waals surface area contributed by atoms with E-state index in [2.05, 4.69) is 24.1 Å². The van der Waals surface area contributed by atoms with E-state index in [1.165, 1.54) is 5.56 Å². The van der Waals surface area contributed by atoms with Crippen molar-refractivity contribution >= 4 is 12.4 Å². The van der Waals surface area contributed by atoms with Crippen LogP contribution in [0.4, 0.5) is 4.39 Å². The summed E-state index contributed by atoms with van der Waals surface area (Å²) in [5.41, 5.74) is 1.93. The van der Waals surface area contributed by atoms with Crippen molar-refractivity contribution in [1.29, 1.82) is 0 Å². The van der Waals surface area contributed by atoms with Crippen LogP contribution in [0.25, 0.3) is 0 Å². The molecule has 1 heterocycles. The van der Waals surface area contributed by atoms with Crippen LogP contribution in [0.15, 0.2) is 18.2 Å². The predicted octanol–water partition coefficient (Wildman–Crippen LogP) is 2.74. The van der Waals surface area contributed by atoms with Gasteiger partial charge in [-0.05, 0) is 38.0 Å². The number of nitrogens with one attached hydrogen (secondary N) is 1. The van der Waals surface area contributed by atoms with Crippen molar-refractivity contribution in [1.82, 2.24) is 10.2 Å². The van der Waals surface area contributed by atoms with Crippen molar-refractivity contribution in [2.75, 3.05) is 13.1 Å². The molecule has 0 aliphatic carbocycles. The first-order chi connectivity index (χ1) is 8.06. The number of benzene rings is 1. The molecule has 0 aromatic heterocycles. The van der Waals surface area contributed by atoms with E-state index in [-0.39, 0.29) is 18.2 Å². The Hall–Kier alpha value is -0.640. The van der Waals surface area contributed by atoms with E-state index in [9.17, 15) is 4.39 Å². The molecule has 18 heavy (non-hydrogen) atoms. The second-order valence-electron chi connectivity index (χ2n) is 5.17. The van der Waals surface area contributed by atoms with E-state index in [1.54, 1.807) is 6.07 Å². The summed E-state index contributed by atoms with van der Waals surface area (Å²) in [6, 6.07) is 6.49. The predicted molar refractivity (Wildman–Crippen MR) is 75.7 cm³/mol. The van der Waals surface area contributed by atoms with Gasteiger partial charge >= 0.3 is 0 Å². The molecule has 0 radical (unpaired) electrons. The number of rotatable bonds is 2. The van der Waals surface area contributed by atoms with E-state index in [0.717, 1.165) is 25.2 Å². The van der Waals surface area contributed by atoms with Crippen LogP contribution >= 0.6 is 12.4 Å². The summed E-state index contributed by atoms with van der Waals surface area (Å²) in [6.45, 7) is 9.25. The molecule has 1 aliphatic rings. The van der Waals surface area contributed by atoms with Gasteiger partial charge in [0.1, 0.15) is 5.82 Å². The Balaban J connectivity index is 0.00000162. The molecule has 4 heteroatoms. The summed E-state index contributed by atoms with van der Waals surface area (Å²) in [7, 11) is 0. The first-order valence-corrected chi connectivity index (χ1v) is 6.28. The Morgan fingerprint density at radius 2 is 2.11 bits per heavy atom. The van der Waals surface area contributed by atoms with E-state index in [4.69, 9.17) is 0 Å². The standard InChI is InChI=1S/C14H21FN2.ClH/c1-10-6-13(4-5-14(10)15)9-17-8-11(2)16-7-12(17)3;/h4-6,11-12,16H,7-9H2,1-3H3;1H. The van der Waals surface area contributed by atoms with E-state index >= 15 is 0 Å². The molecule has 0 bridgehead atoms. The Morgan fingerprint density at radius 1 is 1.39 bits per heavy atom. The number of nitrogens with zero attached hydrogens (tertiary/aromatic N) is 1. The van der Waals surface area contributed by atoms with Crippen molar-refractivity contribution in [3.8, 4) is 0 Å². The molecule has 2 nitrogen and oxygen atoms in total. The highest BCUT2D eigenvalue weighted by molar-refractivity contribution is 5.85. The fraction of sp³-hybridized carbons (Fsp3) is 0.571. The van der Waals surface area contributed by atoms with Gasteiger partial charge in [-0.3, -0.25) is 4.90 Å². The second-order valence-corrected chi connectivity index (χ2v) is 5.17. The summed E-state index contributed by atoms with van der Waals surface area (Å²) in [4.78, 5) is 2.45. The molecule has 1 N–H and O–H groups in total. The van der Waals surface area contributed by atoms with Crippen molar-refractivity contribution < 1.29 is 4.39 Å². The lowest BCUT2D eigenvalue weighted by Gasteiger charge is -2.37. The Labute approximate surface area is 115 Å². The van der Waals surface area contributed by atoms with Gasteiger partial charge < -0.3 is 5.32 Å². The van der Waals surface area contributed by atoms with Crippen LogP contribution < -0.4 is 5.32 Å². The van der Waals surface area contributed by atoms with Crippen LogP contribution in [-0.2, 0) is 6.54 Å². The SMILES string of the molecule is Cc1cc(CN2CC(C)NCC2C)ccc1F.Cl. The van der Waals surface area contributed by atoms with Gasteiger partial charge in [-0.25, -0.2) is 4.39 Å². The van der Waals surface area contributed by atoms with Gasteiger partial charge in [0.05, 0.1) is 0 Å². The van der Waals surface area contributed by atoms with Crippen molar-refractivity contribution in [3.05, 3.63) is 35.1 Å². The Morgan fingerprint density at radius 3 is 2.78 bits per heavy atom. The molecular weight excluding hydrogens is 251 g/mol. The zero-order valence-electron chi connectivity index (χ0n) is 11.2. The second kappa shape index (κ2) is 6.50. The highest BCUT2D eigenvalue weighted by Gasteiger charge is 2.22. The molecular formula is C14H22ClFN2. The Kier molecular flexibility index (Phi) is 5.57. The third-order valence-electron chi connectivity index (χ3n) is 3.50. The zero-order valence-corrected chi connectivity index (χ0v) is 12.1. The first-order valence-electron chi connectivity index (χ1n) is 6.28. The van der Waals surface area contributed by atoms with Gasteiger partial charge in [0, 0.05) is 31.7 Å². The molecule has 102 valence electrons. The lowest BCUT2D eigenvalue weighted by Crippen LogP contribution is -2.53. The van der Waals surface area contributed by atoms with Gasteiger partial charge in [-0.15, -0.1) is 12.4 Å². The Bertz CT molecular complexity index is 397. The molecule has 1 aliphatic heterocycles. The van der Waals surface area contributed by atoms with Crippen molar-refractivity contribution in [2.24, 2.45) is 0 Å². The average molecular weight is 273 g/mol. The topological polar surface area (TPSA) is 15.3 Å². The zero-order chi connectivity index (χ0) is 12.4. The maximum Gasteiger partial charge on any atom is 0.126 e. The van der Waals surface area contributed by atoms with Crippen molar-refractivity contribution in [3.63, 3.8) is 0 Å². The quantitative estimate of drug-likeness (QED) is 0.891. The third kappa shape index (κ3) is 3.67. The molecule has 2 unspecified atom stereocenters. The molecule has 0 saturated carbocycles. The highest BCUT2D eigenvalue weighted by Crippen LogP contribution is 2.15. The van der Waals surface area contributed by atoms with Crippen LogP contribution in [-0.4, -0.2) is 30.1 Å². The maximum absolute atomic E-state index is 13.2. The fourth-order valence-electron chi connectivity index (χ4n) is 2.36. The minimum absolute atomic E-state index is 0. The minimum atomic E-state index is -0.115. The van der Waals surface area contributed by atoms with Crippen LogP contribution in [0.3, 0.4) is 0 Å². The molecule has 1 aromatic carbocycles. The van der Waals surface area contributed by atoms with Crippen LogP contribution in [0.1, 0.15) is 25.0 Å². The normalized spacial score (nSPS) is 24.7. The van der Waals surface area contributed by atoms with Gasteiger partial charge in [-0.2, -0.15) is 0 Å². The third-order valence-corrected chi connectivity index (χ3v) is 3.50. The summed E-state index contributed by atoms with van der Waals surface area (Å²) in [6.07, 6.45) is 0. The number of piperazine rings is 1. The highest BCUT2D eigenvalue weighted by atomic mass is 35.5. The summed E-state index contributed by atoms with van der Waals surface area (Å²) in [5.74, 6) is -0.115. The fourth-order valence-corrected chi connectivity index (χ4v) is 2.36. The first kappa shape index (κ1) is 15.4. The monoisotopic (exact) mass is 272 g/mol. The molecule has 0 spiro atoms. The molecule has 0 amide bonds. The van der Waals surface area contributed by atoms with E-state index in [0.29, 0.717) is 12.1 Å². The summed E-state index contributed by atoms with van der Waals surface area (Å²) in [5, 5.41) is 3.47. The molecule has 1 aromatic rings. The number of aryl methyl sites for hydroxylation is 1. The molecule has 1 fully saturated rings. The average Bonchev–Trinajstić information content (AvgIpc) is 2.29. The lowest BCUT2D eigenvalue weighted by molar-refractivity contribution is 0.139. The smallest absolute Gasteiger partial charge is 0.126 e. The van der Waals surface area contributed by atoms with Gasteiger partial charge in [-0.1, -0.05) is 12.1 Å². The molecule has 2 atom stereocenters. The van der Waals surface area contributed by atoms with Gasteiger partial charge in [0.2, 0.25) is 0 Å². The van der Waals surface area contributed by atoms with E-state index in [1.807, 2.05) is 19.1 Å². The molecule has 2 rings (SSSR count). The van der Waals surface area contributed by atoms with Gasteiger partial charge in [0.25, 0.3) is 0 Å². The van der Waals surface area contributed by atoms with Gasteiger partial charge in [0.15, 0.2) is 0 Å². The lowest BCUT2D eigenvalue weighted by atomic mass is 10.1. The minimum Gasteiger partial charge on any atom is -0.311 e. The maximum atomic E-state index is 13.2. The number of halogens is 2. The van der Waals surface area contributed by atoms with Crippen LogP contribution in [0, 0.1) is 12.7 Å². The number of hydrogen-bond acceptors (Lipinski definition) is 2.